The van der Waals surface area contributed by atoms with Crippen molar-refractivity contribution in [3.63, 3.8) is 0 Å². The molecule has 0 aromatic carbocycles. The maximum absolute atomic E-state index is 6.66. The highest BCUT2D eigenvalue weighted by Crippen LogP contribution is 1.63. The summed E-state index contributed by atoms with van der Waals surface area (Å²) in [6, 6.07) is 0. The van der Waals surface area contributed by atoms with Gasteiger partial charge in [0.15, 0.2) is 0 Å². The second-order valence-electron chi connectivity index (χ2n) is 0.928. The maximum atomic E-state index is 6.66. The Bertz CT molecular complexity index is 30.7. The summed E-state index contributed by atoms with van der Waals surface area (Å²) in [5.74, 6) is 0. The van der Waals surface area contributed by atoms with E-state index in [1.165, 1.54) is 7.11 Å². The molecule has 0 aromatic rings. The average Bonchev–Trinajstić information content (AvgIpc) is 1.65. The van der Waals surface area contributed by atoms with Gasteiger partial charge in [-0.3, -0.25) is 5.64 Å². The Kier molecular flexibility index (Phi) is 3.21. The molecule has 0 aliphatic rings. The van der Waals surface area contributed by atoms with Crippen LogP contribution in [0.3, 0.4) is 0 Å². The standard InChI is InChI=1S/CH6B2N2O/c1-6-3(5)2-4/h2,4-5H,1H3. The van der Waals surface area contributed by atoms with E-state index in [0.717, 1.165) is 0 Å². The van der Waals surface area contributed by atoms with E-state index < -0.39 is 6.94 Å². The minimum atomic E-state index is -0.648. The summed E-state index contributed by atoms with van der Waals surface area (Å²) in [5.41, 5.74) is 13.2. The molecule has 0 fully saturated rings. The molecule has 2 radical (unpaired) electrons. The van der Waals surface area contributed by atoms with Crippen LogP contribution < -0.4 is 11.3 Å². The molecule has 0 spiro atoms. The summed E-state index contributed by atoms with van der Waals surface area (Å²) in [5, 5.41) is 0. The van der Waals surface area contributed by atoms with E-state index in [1.807, 2.05) is 0 Å². The molecule has 32 valence electrons. The molecule has 0 atom stereocenters. The summed E-state index contributed by atoms with van der Waals surface area (Å²) >= 11 is 0. The van der Waals surface area contributed by atoms with Crippen molar-refractivity contribution in [2.75, 3.05) is 7.11 Å². The van der Waals surface area contributed by atoms with Crippen molar-refractivity contribution in [3.05, 3.63) is 0 Å². The molecule has 0 saturated heterocycles. The summed E-state index contributed by atoms with van der Waals surface area (Å²) < 4.78 is 4.38. The summed E-state index contributed by atoms with van der Waals surface area (Å²) in [7, 11) is 1.45. The van der Waals surface area contributed by atoms with Crippen LogP contribution in [-0.2, 0) is 4.65 Å². The Morgan fingerprint density at radius 1 is 1.83 bits per heavy atom. The summed E-state index contributed by atoms with van der Waals surface area (Å²) in [4.78, 5) is 0. The number of hydrogen-bond donors (Lipinski definition) is 0. The Labute approximate surface area is 38.4 Å². The smallest absolute Gasteiger partial charge is 0.364 e. The van der Waals surface area contributed by atoms with Crippen LogP contribution in [0.1, 0.15) is 0 Å². The third kappa shape index (κ3) is 2.26. The first kappa shape index (κ1) is 6.01. The first-order chi connectivity index (χ1) is 2.81. The predicted molar refractivity (Wildman–Crippen MR) is 26.1 cm³/mol. The van der Waals surface area contributed by atoms with Gasteiger partial charge in [0.1, 0.15) is 0 Å². The molecule has 0 aliphatic carbocycles. The monoisotopic (exact) mass is 84.1 g/mol. The molecule has 0 unspecified atom stereocenters. The highest BCUT2D eigenvalue weighted by atomic mass is 16.4. The van der Waals surface area contributed by atoms with Gasteiger partial charge in [-0.2, -0.15) is 0 Å². The minimum absolute atomic E-state index is 0.0243. The molecule has 0 saturated carbocycles. The lowest BCUT2D eigenvalue weighted by Gasteiger charge is -1.92. The molecule has 0 rings (SSSR count). The Morgan fingerprint density at radius 3 is 2.33 bits per heavy atom. The van der Waals surface area contributed by atoms with Crippen LogP contribution in [0.2, 0.25) is 0 Å². The Hall–Kier alpha value is 0.00987. The third-order valence-corrected chi connectivity index (χ3v) is 0.470. The van der Waals surface area contributed by atoms with E-state index in [-0.39, 0.29) is 7.31 Å². The van der Waals surface area contributed by atoms with Crippen molar-refractivity contribution in [2.45, 2.75) is 0 Å². The fourth-order valence-corrected chi connectivity index (χ4v) is 0.0833. The lowest BCUT2D eigenvalue weighted by atomic mass is 9.51. The second kappa shape index (κ2) is 3.21. The third-order valence-electron chi connectivity index (χ3n) is 0.470. The van der Waals surface area contributed by atoms with Gasteiger partial charge in [-0.25, -0.2) is 0 Å². The predicted octanol–water partition coefficient (Wildman–Crippen LogP) is -1.47. The number of nitrogens with one attached hydrogen (secondary N) is 2. The maximum Gasteiger partial charge on any atom is 0.364 e. The molecule has 3 nitrogen and oxygen atoms in total. The average molecular weight is 83.7 g/mol. The van der Waals surface area contributed by atoms with Gasteiger partial charge < -0.3 is 10.3 Å². The molecule has 0 aliphatic heterocycles. The van der Waals surface area contributed by atoms with Crippen molar-refractivity contribution >= 4 is 14.2 Å². The van der Waals surface area contributed by atoms with Crippen LogP contribution in [0.15, 0.2) is 0 Å². The van der Waals surface area contributed by atoms with Crippen molar-refractivity contribution in [3.8, 4) is 0 Å². The zero-order valence-corrected chi connectivity index (χ0v) is 3.69. The van der Waals surface area contributed by atoms with Crippen molar-refractivity contribution in [1.82, 2.24) is 11.3 Å². The van der Waals surface area contributed by atoms with Gasteiger partial charge >= 0.3 is 6.94 Å². The van der Waals surface area contributed by atoms with E-state index >= 15 is 0 Å². The van der Waals surface area contributed by atoms with Gasteiger partial charge in [-0.15, -0.1) is 0 Å². The lowest BCUT2D eigenvalue weighted by molar-refractivity contribution is 0.433. The molecule has 0 amide bonds. The SMILES string of the molecule is COB([NH])B[NH]. The number of rotatable bonds is 2. The zero-order chi connectivity index (χ0) is 4.99. The normalized spacial score (nSPS) is 7.83. The quantitative estimate of drug-likeness (QED) is 0.377. The van der Waals surface area contributed by atoms with E-state index in [1.54, 1.807) is 0 Å². The molecule has 6 heavy (non-hydrogen) atoms. The molecular formula is CH6B2N2O. The van der Waals surface area contributed by atoms with Crippen molar-refractivity contribution < 1.29 is 4.65 Å². The molecule has 0 bridgehead atoms. The summed E-state index contributed by atoms with van der Waals surface area (Å²) in [6.07, 6.45) is 0. The summed E-state index contributed by atoms with van der Waals surface area (Å²) in [6.45, 7) is -0.648. The van der Waals surface area contributed by atoms with E-state index in [9.17, 15) is 0 Å². The Balaban J connectivity index is 2.75. The first-order valence-electron chi connectivity index (χ1n) is 1.69. The topological polar surface area (TPSA) is 56.8 Å². The van der Waals surface area contributed by atoms with Gasteiger partial charge in [0.25, 0.3) is 0 Å². The molecular weight excluding hydrogens is 77.6 g/mol. The number of hydrogen-bond acceptors (Lipinski definition) is 1. The van der Waals surface area contributed by atoms with Gasteiger partial charge in [-0.05, 0) is 0 Å². The van der Waals surface area contributed by atoms with Crippen LogP contribution >= 0.6 is 0 Å². The van der Waals surface area contributed by atoms with Crippen LogP contribution in [-0.4, -0.2) is 21.4 Å². The van der Waals surface area contributed by atoms with Crippen LogP contribution in [0.5, 0.6) is 0 Å². The molecule has 2 N–H and O–H groups in total. The largest absolute Gasteiger partial charge is 0.429 e. The van der Waals surface area contributed by atoms with Gasteiger partial charge in [0, 0.05) is 7.11 Å². The van der Waals surface area contributed by atoms with Gasteiger partial charge in [0.2, 0.25) is 7.31 Å². The first-order valence-corrected chi connectivity index (χ1v) is 1.69. The molecule has 5 heteroatoms. The second-order valence-corrected chi connectivity index (χ2v) is 0.928. The highest BCUT2D eigenvalue weighted by molar-refractivity contribution is 7.05. The van der Waals surface area contributed by atoms with Crippen LogP contribution in [0.4, 0.5) is 0 Å². The Morgan fingerprint density at radius 2 is 2.33 bits per heavy atom. The molecule has 0 heterocycles. The van der Waals surface area contributed by atoms with Gasteiger partial charge in [0.05, 0.1) is 0 Å². The van der Waals surface area contributed by atoms with E-state index in [0.29, 0.717) is 0 Å². The molecule has 0 aromatic heterocycles. The van der Waals surface area contributed by atoms with Crippen LogP contribution in [0, 0.1) is 0 Å². The van der Waals surface area contributed by atoms with Crippen molar-refractivity contribution in [2.24, 2.45) is 0 Å². The highest BCUT2D eigenvalue weighted by Gasteiger charge is 2.04. The fourth-order valence-electron chi connectivity index (χ4n) is 0.0833. The van der Waals surface area contributed by atoms with Crippen molar-refractivity contribution in [1.29, 1.82) is 0 Å². The van der Waals surface area contributed by atoms with E-state index in [2.05, 4.69) is 4.65 Å². The van der Waals surface area contributed by atoms with Crippen LogP contribution in [0.25, 0.3) is 0 Å². The lowest BCUT2D eigenvalue weighted by Crippen LogP contribution is -2.27. The minimum Gasteiger partial charge on any atom is -0.429 e. The zero-order valence-electron chi connectivity index (χ0n) is 3.69. The fraction of sp³-hybridized carbons (Fsp3) is 1.00. The van der Waals surface area contributed by atoms with Gasteiger partial charge in [-0.1, -0.05) is 0 Å². The van der Waals surface area contributed by atoms with E-state index in [4.69, 9.17) is 11.3 Å².